The van der Waals surface area contributed by atoms with Gasteiger partial charge in [0.2, 0.25) is 5.91 Å². The molecule has 0 spiro atoms. The molecule has 1 aromatic carbocycles. The number of hydrogen-bond donors (Lipinski definition) is 1. The van der Waals surface area contributed by atoms with Gasteiger partial charge in [0.25, 0.3) is 5.56 Å². The molecule has 2 aromatic rings. The third kappa shape index (κ3) is 3.33. The number of carbonyl (C=O) groups is 1. The van der Waals surface area contributed by atoms with Crippen molar-refractivity contribution in [2.24, 2.45) is 0 Å². The average Bonchev–Trinajstić information content (AvgIpc) is 2.89. The van der Waals surface area contributed by atoms with Gasteiger partial charge in [-0.15, -0.1) is 0 Å². The first-order valence-corrected chi connectivity index (χ1v) is 8.37. The molecule has 1 aliphatic rings. The van der Waals surface area contributed by atoms with Crippen LogP contribution in [-0.2, 0) is 11.3 Å². The third-order valence-electron chi connectivity index (χ3n) is 3.76. The van der Waals surface area contributed by atoms with Crippen LogP contribution in [0.1, 0.15) is 23.7 Å². The number of nitrogens with zero attached hydrogens (tertiary/aromatic N) is 2. The van der Waals surface area contributed by atoms with E-state index in [1.807, 2.05) is 0 Å². The number of hydrogen-bond acceptors (Lipinski definition) is 4. The SMILES string of the molecule is Cc1cc(=O)n2c(n1)SCC2CC(=O)NCc1c(F)cccc1F. The van der Waals surface area contributed by atoms with Gasteiger partial charge in [-0.1, -0.05) is 17.8 Å². The molecule has 8 heteroatoms. The van der Waals surface area contributed by atoms with Crippen LogP contribution in [0.4, 0.5) is 8.78 Å². The van der Waals surface area contributed by atoms with E-state index in [9.17, 15) is 18.4 Å². The second-order valence-electron chi connectivity index (χ2n) is 5.53. The molecule has 1 N–H and O–H groups in total. The Kier molecular flexibility index (Phi) is 4.66. The van der Waals surface area contributed by atoms with Crippen molar-refractivity contribution in [3.05, 3.63) is 57.5 Å². The number of halogens is 2. The Morgan fingerprint density at radius 3 is 2.83 bits per heavy atom. The second-order valence-corrected chi connectivity index (χ2v) is 6.52. The van der Waals surface area contributed by atoms with Crippen molar-refractivity contribution in [2.75, 3.05) is 5.75 Å². The first-order valence-electron chi connectivity index (χ1n) is 7.38. The highest BCUT2D eigenvalue weighted by Crippen LogP contribution is 2.31. The summed E-state index contributed by atoms with van der Waals surface area (Å²) < 4.78 is 28.6. The maximum Gasteiger partial charge on any atom is 0.254 e. The van der Waals surface area contributed by atoms with Gasteiger partial charge >= 0.3 is 0 Å². The van der Waals surface area contributed by atoms with Gasteiger partial charge in [-0.3, -0.25) is 14.2 Å². The first-order chi connectivity index (χ1) is 11.5. The molecule has 1 aliphatic heterocycles. The highest BCUT2D eigenvalue weighted by atomic mass is 32.2. The molecule has 0 bridgehead atoms. The van der Waals surface area contributed by atoms with Crippen LogP contribution in [0.25, 0.3) is 0 Å². The Hall–Kier alpha value is -2.22. The van der Waals surface area contributed by atoms with E-state index in [2.05, 4.69) is 10.3 Å². The zero-order valence-electron chi connectivity index (χ0n) is 12.9. The van der Waals surface area contributed by atoms with Crippen LogP contribution in [0.2, 0.25) is 0 Å². The van der Waals surface area contributed by atoms with E-state index in [-0.39, 0.29) is 36.0 Å². The minimum Gasteiger partial charge on any atom is -0.352 e. The molecule has 1 unspecified atom stereocenters. The molecule has 1 amide bonds. The Morgan fingerprint density at radius 2 is 2.12 bits per heavy atom. The predicted octanol–water partition coefficient (Wildman–Crippen LogP) is 2.18. The monoisotopic (exact) mass is 351 g/mol. The van der Waals surface area contributed by atoms with Crippen molar-refractivity contribution in [2.45, 2.75) is 31.1 Å². The van der Waals surface area contributed by atoms with Crippen molar-refractivity contribution in [1.82, 2.24) is 14.9 Å². The molecule has 5 nitrogen and oxygen atoms in total. The smallest absolute Gasteiger partial charge is 0.254 e. The fraction of sp³-hybridized carbons (Fsp3) is 0.312. The van der Waals surface area contributed by atoms with Gasteiger partial charge in [-0.05, 0) is 19.1 Å². The molecule has 24 heavy (non-hydrogen) atoms. The van der Waals surface area contributed by atoms with Gasteiger partial charge in [0.05, 0.1) is 6.04 Å². The lowest BCUT2D eigenvalue weighted by Crippen LogP contribution is -2.30. The first kappa shape index (κ1) is 16.6. The minimum absolute atomic E-state index is 0.0563. The quantitative estimate of drug-likeness (QED) is 0.858. The maximum absolute atomic E-state index is 13.5. The number of rotatable bonds is 4. The summed E-state index contributed by atoms with van der Waals surface area (Å²) in [6.07, 6.45) is 0.0563. The van der Waals surface area contributed by atoms with Crippen LogP contribution in [0.5, 0.6) is 0 Å². The third-order valence-corrected chi connectivity index (χ3v) is 4.86. The molecule has 2 heterocycles. The van der Waals surface area contributed by atoms with Gasteiger partial charge in [-0.25, -0.2) is 13.8 Å². The van der Waals surface area contributed by atoms with E-state index in [4.69, 9.17) is 0 Å². The lowest BCUT2D eigenvalue weighted by molar-refractivity contribution is -0.121. The molecule has 0 fully saturated rings. The summed E-state index contributed by atoms with van der Waals surface area (Å²) in [6, 6.07) is 4.67. The average molecular weight is 351 g/mol. The largest absolute Gasteiger partial charge is 0.352 e. The van der Waals surface area contributed by atoms with Crippen molar-refractivity contribution in [1.29, 1.82) is 0 Å². The second kappa shape index (κ2) is 6.72. The number of aryl methyl sites for hydroxylation is 1. The van der Waals surface area contributed by atoms with Crippen LogP contribution in [0, 0.1) is 18.6 Å². The van der Waals surface area contributed by atoms with Crippen LogP contribution in [-0.4, -0.2) is 21.2 Å². The van der Waals surface area contributed by atoms with Crippen molar-refractivity contribution >= 4 is 17.7 Å². The zero-order chi connectivity index (χ0) is 17.3. The molecular weight excluding hydrogens is 336 g/mol. The normalized spacial score (nSPS) is 16.0. The molecule has 126 valence electrons. The van der Waals surface area contributed by atoms with Gasteiger partial charge < -0.3 is 5.32 Å². The topological polar surface area (TPSA) is 64.0 Å². The summed E-state index contributed by atoms with van der Waals surface area (Å²) in [7, 11) is 0. The van der Waals surface area contributed by atoms with Crippen LogP contribution < -0.4 is 10.9 Å². The summed E-state index contributed by atoms with van der Waals surface area (Å²) in [5.41, 5.74) is 0.265. The molecule has 1 atom stereocenters. The number of carbonyl (C=O) groups excluding carboxylic acids is 1. The zero-order valence-corrected chi connectivity index (χ0v) is 13.7. The Balaban J connectivity index is 1.67. The molecule has 3 rings (SSSR count). The fourth-order valence-corrected chi connectivity index (χ4v) is 3.78. The van der Waals surface area contributed by atoms with Gasteiger partial charge in [0.15, 0.2) is 5.16 Å². The Labute approximate surface area is 141 Å². The number of thioether (sulfide) groups is 1. The maximum atomic E-state index is 13.5. The molecular formula is C16H15F2N3O2S. The van der Waals surface area contributed by atoms with Crippen LogP contribution in [0.15, 0.2) is 34.2 Å². The fourth-order valence-electron chi connectivity index (χ4n) is 2.59. The lowest BCUT2D eigenvalue weighted by atomic mass is 10.2. The van der Waals surface area contributed by atoms with Crippen molar-refractivity contribution in [3.8, 4) is 0 Å². The lowest BCUT2D eigenvalue weighted by Gasteiger charge is -2.13. The van der Waals surface area contributed by atoms with E-state index in [1.165, 1.54) is 28.5 Å². The van der Waals surface area contributed by atoms with Crippen molar-refractivity contribution in [3.63, 3.8) is 0 Å². The van der Waals surface area contributed by atoms with E-state index >= 15 is 0 Å². The van der Waals surface area contributed by atoms with Gasteiger partial charge in [-0.2, -0.15) is 0 Å². The standard InChI is InChI=1S/C16H15F2N3O2S/c1-9-5-15(23)21-10(8-24-16(21)20-9)6-14(22)19-7-11-12(17)3-2-4-13(11)18/h2-5,10H,6-8H2,1H3,(H,19,22). The van der Waals surface area contributed by atoms with E-state index < -0.39 is 11.6 Å². The Bertz CT molecular complexity index is 833. The summed E-state index contributed by atoms with van der Waals surface area (Å²) >= 11 is 1.42. The number of nitrogens with one attached hydrogen (secondary N) is 1. The van der Waals surface area contributed by atoms with Crippen molar-refractivity contribution < 1.29 is 13.6 Å². The number of aromatic nitrogens is 2. The molecule has 1 aromatic heterocycles. The number of fused-ring (bicyclic) bond motifs is 1. The summed E-state index contributed by atoms with van der Waals surface area (Å²) in [6.45, 7) is 1.51. The molecule has 0 radical (unpaired) electrons. The minimum atomic E-state index is -0.701. The highest BCUT2D eigenvalue weighted by molar-refractivity contribution is 7.99. The number of benzene rings is 1. The van der Waals surface area contributed by atoms with Crippen LogP contribution in [0.3, 0.4) is 0 Å². The van der Waals surface area contributed by atoms with E-state index in [0.29, 0.717) is 16.6 Å². The summed E-state index contributed by atoms with van der Waals surface area (Å²) in [5.74, 6) is -1.21. The molecule has 0 saturated heterocycles. The van der Waals surface area contributed by atoms with Crippen LogP contribution >= 0.6 is 11.8 Å². The van der Waals surface area contributed by atoms with E-state index in [0.717, 1.165) is 12.1 Å². The molecule has 0 aliphatic carbocycles. The Morgan fingerprint density at radius 1 is 1.42 bits per heavy atom. The summed E-state index contributed by atoms with van der Waals surface area (Å²) in [5, 5.41) is 3.10. The highest BCUT2D eigenvalue weighted by Gasteiger charge is 2.27. The predicted molar refractivity (Wildman–Crippen MR) is 85.8 cm³/mol. The number of amides is 1. The van der Waals surface area contributed by atoms with E-state index in [1.54, 1.807) is 6.92 Å². The van der Waals surface area contributed by atoms with Gasteiger partial charge in [0, 0.05) is 36.0 Å². The van der Waals surface area contributed by atoms with Gasteiger partial charge in [0.1, 0.15) is 11.6 Å². The molecule has 0 saturated carbocycles. The summed E-state index contributed by atoms with van der Waals surface area (Å²) in [4.78, 5) is 28.4.